The minimum absolute atomic E-state index is 0.922. The Kier molecular flexibility index (Phi) is 8.18. The van der Waals surface area contributed by atoms with Crippen LogP contribution in [0.2, 0.25) is 0 Å². The number of anilines is 6. The molecule has 8 aromatic carbocycles. The van der Waals surface area contributed by atoms with Crippen LogP contribution >= 0.6 is 0 Å². The Morgan fingerprint density at radius 1 is 0.328 bits per heavy atom. The summed E-state index contributed by atoms with van der Waals surface area (Å²) in [6.07, 6.45) is 1.84. The quantitative estimate of drug-likeness (QED) is 0.154. The fourth-order valence-corrected chi connectivity index (χ4v) is 9.42. The summed E-state index contributed by atoms with van der Waals surface area (Å²) in [7, 11) is 2.25. The highest BCUT2D eigenvalue weighted by Gasteiger charge is 2.33. The van der Waals surface area contributed by atoms with Gasteiger partial charge < -0.3 is 4.57 Å². The minimum atomic E-state index is 0.922. The maximum atomic E-state index is 2.48. The van der Waals surface area contributed by atoms with Crippen molar-refractivity contribution in [2.75, 3.05) is 9.80 Å². The van der Waals surface area contributed by atoms with Gasteiger partial charge in [0.15, 0.2) is 0 Å². The summed E-state index contributed by atoms with van der Waals surface area (Å²) < 4.78 is 2.44. The Labute approximate surface area is 340 Å². The number of para-hydroxylation sites is 2. The van der Waals surface area contributed by atoms with Gasteiger partial charge in [0.2, 0.25) is 0 Å². The van der Waals surface area contributed by atoms with Crippen molar-refractivity contribution in [1.29, 1.82) is 0 Å². The highest BCUT2D eigenvalue weighted by Crippen LogP contribution is 2.55. The predicted octanol–water partition coefficient (Wildman–Crippen LogP) is 14.4. The largest absolute Gasteiger partial charge is 0.315 e. The fraction of sp³-hybridized carbons (Fsp3) is 0.0545. The zero-order valence-corrected chi connectivity index (χ0v) is 32.4. The molecule has 0 unspecified atom stereocenters. The first kappa shape index (κ1) is 33.9. The number of nitrogens with zero attached hydrogens (tertiary/aromatic N) is 3. The van der Waals surface area contributed by atoms with Crippen LogP contribution in [-0.2, 0) is 19.9 Å². The van der Waals surface area contributed by atoms with Crippen molar-refractivity contribution in [2.45, 2.75) is 12.8 Å². The van der Waals surface area contributed by atoms with Gasteiger partial charge in [-0.3, -0.25) is 9.80 Å². The van der Waals surface area contributed by atoms with Gasteiger partial charge in [0.05, 0.1) is 0 Å². The van der Waals surface area contributed by atoms with E-state index in [0.29, 0.717) is 0 Å². The summed E-state index contributed by atoms with van der Waals surface area (Å²) in [4.78, 5) is 4.95. The average molecular weight is 744 g/mol. The van der Waals surface area contributed by atoms with Gasteiger partial charge in [0.1, 0.15) is 11.6 Å². The van der Waals surface area contributed by atoms with Crippen molar-refractivity contribution in [2.24, 2.45) is 7.05 Å². The average Bonchev–Trinajstić information content (AvgIpc) is 3.94. The Hall–Kier alpha value is -7.36. The first-order valence-electron chi connectivity index (χ1n) is 20.2. The molecular weight excluding hydrogens is 703 g/mol. The highest BCUT2D eigenvalue weighted by molar-refractivity contribution is 6.04. The zero-order valence-electron chi connectivity index (χ0n) is 32.4. The predicted molar refractivity (Wildman–Crippen MR) is 242 cm³/mol. The highest BCUT2D eigenvalue weighted by atomic mass is 15.3. The molecule has 0 spiro atoms. The monoisotopic (exact) mass is 743 g/mol. The lowest BCUT2D eigenvalue weighted by molar-refractivity contribution is 0.901. The number of rotatable bonds is 8. The fourth-order valence-electron chi connectivity index (χ4n) is 9.42. The lowest BCUT2D eigenvalue weighted by atomic mass is 9.96. The topological polar surface area (TPSA) is 11.4 Å². The third-order valence-corrected chi connectivity index (χ3v) is 12.0. The van der Waals surface area contributed by atoms with Crippen molar-refractivity contribution in [1.82, 2.24) is 4.57 Å². The normalized spacial score (nSPS) is 12.1. The van der Waals surface area contributed by atoms with Crippen molar-refractivity contribution < 1.29 is 0 Å². The summed E-state index contributed by atoms with van der Waals surface area (Å²) in [6.45, 7) is 0. The van der Waals surface area contributed by atoms with Crippen LogP contribution in [0, 0.1) is 0 Å². The van der Waals surface area contributed by atoms with E-state index in [1.54, 1.807) is 0 Å². The standard InChI is InChI=1S/C55H41N3/c1-56-54(57(44-24-10-4-11-25-44)46-30-32-50-42(36-46)34-40-22-14-16-28-48(40)50)52(38-18-6-2-7-19-38)53(39-20-8-3-9-21-39)55(56)58(45-26-12-5-13-27-45)47-31-33-51-43(37-47)35-41-23-15-17-29-49(41)51/h2-33,36-37H,34-35H2,1H3. The Balaban J connectivity index is 1.22. The van der Waals surface area contributed by atoms with E-state index < -0.39 is 0 Å². The third kappa shape index (κ3) is 5.58. The second kappa shape index (κ2) is 14.0. The number of fused-ring (bicyclic) bond motifs is 6. The number of benzene rings is 8. The molecule has 0 radical (unpaired) electrons. The van der Waals surface area contributed by atoms with Gasteiger partial charge in [-0.15, -0.1) is 0 Å². The van der Waals surface area contributed by atoms with Crippen LogP contribution in [0.4, 0.5) is 34.4 Å². The second-order valence-electron chi connectivity index (χ2n) is 15.4. The van der Waals surface area contributed by atoms with E-state index in [2.05, 4.69) is 228 Å². The molecule has 0 N–H and O–H groups in total. The van der Waals surface area contributed by atoms with Gasteiger partial charge in [-0.1, -0.05) is 158 Å². The molecule has 0 saturated carbocycles. The van der Waals surface area contributed by atoms with E-state index in [1.165, 1.54) is 55.6 Å². The number of hydrogen-bond acceptors (Lipinski definition) is 2. The zero-order chi connectivity index (χ0) is 38.6. The van der Waals surface area contributed by atoms with Gasteiger partial charge >= 0.3 is 0 Å². The number of hydrogen-bond donors (Lipinski definition) is 0. The molecule has 11 rings (SSSR count). The SMILES string of the molecule is Cn1c(N(c2ccccc2)c2ccc3c(c2)Cc2ccccc2-3)c(-c2ccccc2)c(-c2ccccc2)c1N(c1ccccc1)c1ccc2c(c1)Cc1ccccc1-2. The van der Waals surface area contributed by atoms with Crippen LogP contribution in [0.25, 0.3) is 44.5 Å². The van der Waals surface area contributed by atoms with Gasteiger partial charge in [0.25, 0.3) is 0 Å². The first-order valence-corrected chi connectivity index (χ1v) is 20.2. The molecule has 0 aliphatic heterocycles. The molecule has 0 saturated heterocycles. The first-order chi connectivity index (χ1) is 28.7. The Morgan fingerprint density at radius 2 is 0.672 bits per heavy atom. The Morgan fingerprint density at radius 3 is 1.09 bits per heavy atom. The smallest absolute Gasteiger partial charge is 0.127 e. The van der Waals surface area contributed by atoms with Crippen LogP contribution in [0.1, 0.15) is 22.3 Å². The molecule has 1 aromatic heterocycles. The van der Waals surface area contributed by atoms with E-state index >= 15 is 0 Å². The molecule has 3 heteroatoms. The molecule has 0 atom stereocenters. The molecule has 58 heavy (non-hydrogen) atoms. The molecule has 9 aromatic rings. The van der Waals surface area contributed by atoms with Gasteiger partial charge in [-0.2, -0.15) is 0 Å². The van der Waals surface area contributed by atoms with Crippen LogP contribution < -0.4 is 9.80 Å². The van der Waals surface area contributed by atoms with Crippen molar-refractivity contribution in [3.05, 3.63) is 229 Å². The molecule has 0 bridgehead atoms. The lowest BCUT2D eigenvalue weighted by Crippen LogP contribution is -2.18. The van der Waals surface area contributed by atoms with Gasteiger partial charge in [-0.05, 0) is 117 Å². The summed E-state index contributed by atoms with van der Waals surface area (Å²) in [5.41, 5.74) is 19.9. The second-order valence-corrected chi connectivity index (χ2v) is 15.4. The van der Waals surface area contributed by atoms with E-state index in [-0.39, 0.29) is 0 Å². The van der Waals surface area contributed by atoms with E-state index in [4.69, 9.17) is 0 Å². The molecule has 2 aliphatic carbocycles. The lowest BCUT2D eigenvalue weighted by Gasteiger charge is -2.30. The molecule has 0 fully saturated rings. The van der Waals surface area contributed by atoms with E-state index in [1.807, 2.05) is 0 Å². The molecule has 2 aliphatic rings. The van der Waals surface area contributed by atoms with Crippen LogP contribution in [0.15, 0.2) is 206 Å². The van der Waals surface area contributed by atoms with E-state index in [0.717, 1.165) is 58.4 Å². The van der Waals surface area contributed by atoms with Gasteiger partial charge in [0, 0.05) is 40.9 Å². The minimum Gasteiger partial charge on any atom is -0.315 e. The Bertz CT molecular complexity index is 2750. The van der Waals surface area contributed by atoms with Crippen LogP contribution in [0.5, 0.6) is 0 Å². The van der Waals surface area contributed by atoms with Crippen molar-refractivity contribution >= 4 is 34.4 Å². The van der Waals surface area contributed by atoms with E-state index in [9.17, 15) is 0 Å². The number of aromatic nitrogens is 1. The molecule has 0 amide bonds. The molecule has 3 nitrogen and oxygen atoms in total. The summed E-state index contributed by atoms with van der Waals surface area (Å²) in [6, 6.07) is 75.4. The van der Waals surface area contributed by atoms with Crippen molar-refractivity contribution in [3.8, 4) is 44.5 Å². The summed E-state index contributed by atoms with van der Waals surface area (Å²) >= 11 is 0. The molecule has 1 heterocycles. The maximum absolute atomic E-state index is 2.48. The van der Waals surface area contributed by atoms with Crippen LogP contribution in [0.3, 0.4) is 0 Å². The molecule has 276 valence electrons. The third-order valence-electron chi connectivity index (χ3n) is 12.0. The summed E-state index contributed by atoms with van der Waals surface area (Å²) in [5, 5.41) is 0. The van der Waals surface area contributed by atoms with Gasteiger partial charge in [-0.25, -0.2) is 0 Å². The van der Waals surface area contributed by atoms with Crippen LogP contribution in [-0.4, -0.2) is 4.57 Å². The maximum Gasteiger partial charge on any atom is 0.127 e. The summed E-state index contributed by atoms with van der Waals surface area (Å²) in [5.74, 6) is 2.19. The molecular formula is C55H41N3. The van der Waals surface area contributed by atoms with Crippen molar-refractivity contribution in [3.63, 3.8) is 0 Å².